The van der Waals surface area contributed by atoms with Gasteiger partial charge in [-0.25, -0.2) is 5.01 Å². The van der Waals surface area contributed by atoms with Crippen molar-refractivity contribution in [2.24, 2.45) is 0 Å². The molecule has 1 saturated heterocycles. The van der Waals surface area contributed by atoms with Crippen LogP contribution in [0.1, 0.15) is 48.6 Å². The molecular formula is C26H24N2O. The predicted octanol–water partition coefficient (Wildman–Crippen LogP) is 5.22. The first-order valence-electron chi connectivity index (χ1n) is 10.1. The van der Waals surface area contributed by atoms with Crippen LogP contribution in [-0.2, 0) is 4.79 Å². The maximum Gasteiger partial charge on any atom is 0.236 e. The number of carbonyl (C=O) groups is 1. The Morgan fingerprint density at radius 2 is 1.41 bits per heavy atom. The van der Waals surface area contributed by atoms with Crippen molar-refractivity contribution in [3.05, 3.63) is 107 Å². The molecule has 3 heteroatoms. The molecule has 5 rings (SSSR count). The molecule has 29 heavy (non-hydrogen) atoms. The first kappa shape index (κ1) is 17.9. The lowest BCUT2D eigenvalue weighted by Crippen LogP contribution is -2.46. The van der Waals surface area contributed by atoms with Crippen LogP contribution in [0.4, 0.5) is 0 Å². The summed E-state index contributed by atoms with van der Waals surface area (Å²) in [6.07, 6.45) is 0.494. The molecule has 1 atom stereocenters. The zero-order chi connectivity index (χ0) is 20.0. The summed E-state index contributed by atoms with van der Waals surface area (Å²) < 4.78 is 0. The molecule has 3 aromatic rings. The first-order valence-corrected chi connectivity index (χ1v) is 10.1. The van der Waals surface area contributed by atoms with Gasteiger partial charge in [0.15, 0.2) is 0 Å². The highest BCUT2D eigenvalue weighted by molar-refractivity contribution is 6.05. The average molecular weight is 380 g/mol. The summed E-state index contributed by atoms with van der Waals surface area (Å²) >= 11 is 0. The molecule has 1 amide bonds. The summed E-state index contributed by atoms with van der Waals surface area (Å²) in [4.78, 5) is 12.4. The van der Waals surface area contributed by atoms with Crippen molar-refractivity contribution in [1.29, 1.82) is 0 Å². The van der Waals surface area contributed by atoms with Crippen LogP contribution in [0.15, 0.2) is 84.9 Å². The van der Waals surface area contributed by atoms with Gasteiger partial charge in [0, 0.05) is 12.0 Å². The average Bonchev–Trinajstić information content (AvgIpc) is 3.21. The molecule has 1 N–H and O–H groups in total. The van der Waals surface area contributed by atoms with Crippen molar-refractivity contribution in [2.75, 3.05) is 0 Å². The Morgan fingerprint density at radius 1 is 0.828 bits per heavy atom. The normalized spacial score (nSPS) is 20.6. The summed E-state index contributed by atoms with van der Waals surface area (Å²) in [5.74, 6) is 0.0769. The van der Waals surface area contributed by atoms with Gasteiger partial charge in [-0.3, -0.25) is 10.2 Å². The van der Waals surface area contributed by atoms with Crippen LogP contribution in [-0.4, -0.2) is 16.5 Å². The maximum atomic E-state index is 12.4. The Kier molecular flexibility index (Phi) is 4.14. The van der Waals surface area contributed by atoms with E-state index in [1.807, 2.05) is 12.1 Å². The number of hydrogen-bond acceptors (Lipinski definition) is 2. The van der Waals surface area contributed by atoms with Crippen LogP contribution in [0.3, 0.4) is 0 Å². The Morgan fingerprint density at radius 3 is 2.03 bits per heavy atom. The molecule has 1 aliphatic carbocycles. The third-order valence-electron chi connectivity index (χ3n) is 5.96. The van der Waals surface area contributed by atoms with Gasteiger partial charge in [-0.1, -0.05) is 84.9 Å². The molecule has 1 unspecified atom stereocenters. The van der Waals surface area contributed by atoms with Crippen molar-refractivity contribution in [2.45, 2.75) is 31.8 Å². The van der Waals surface area contributed by atoms with E-state index in [9.17, 15) is 4.79 Å². The largest absolute Gasteiger partial charge is 0.287 e. The number of hydrazine groups is 1. The van der Waals surface area contributed by atoms with Crippen molar-refractivity contribution in [3.8, 4) is 0 Å². The monoisotopic (exact) mass is 380 g/mol. The van der Waals surface area contributed by atoms with Crippen LogP contribution >= 0.6 is 0 Å². The molecule has 1 aliphatic heterocycles. The first-order chi connectivity index (χ1) is 14.1. The quantitative estimate of drug-likeness (QED) is 0.676. The molecule has 144 valence electrons. The Bertz CT molecular complexity index is 1100. The zero-order valence-electron chi connectivity index (χ0n) is 16.7. The molecule has 3 nitrogen and oxygen atoms in total. The van der Waals surface area contributed by atoms with E-state index in [1.54, 1.807) is 0 Å². The van der Waals surface area contributed by atoms with Gasteiger partial charge in [0.25, 0.3) is 0 Å². The second-order valence-electron chi connectivity index (χ2n) is 8.40. The van der Waals surface area contributed by atoms with Gasteiger partial charge in [-0.05, 0) is 47.2 Å². The molecule has 2 aliphatic rings. The van der Waals surface area contributed by atoms with Crippen LogP contribution in [0.2, 0.25) is 0 Å². The van der Waals surface area contributed by atoms with Gasteiger partial charge in [-0.15, -0.1) is 0 Å². The molecule has 0 radical (unpaired) electrons. The summed E-state index contributed by atoms with van der Waals surface area (Å²) in [6.45, 7) is 4.27. The second-order valence-corrected chi connectivity index (χ2v) is 8.40. The number of nitrogens with one attached hydrogen (secondary N) is 1. The highest BCUT2D eigenvalue weighted by Crippen LogP contribution is 2.52. The second kappa shape index (κ2) is 6.71. The molecule has 0 spiro atoms. The number of carbonyl (C=O) groups excluding carboxylic acids is 1. The smallest absolute Gasteiger partial charge is 0.236 e. The minimum atomic E-state index is -0.277. The number of rotatable bonds is 3. The van der Waals surface area contributed by atoms with Crippen LogP contribution in [0, 0.1) is 0 Å². The Labute approximate surface area is 171 Å². The van der Waals surface area contributed by atoms with Crippen LogP contribution in [0.25, 0.3) is 11.1 Å². The molecule has 1 fully saturated rings. The predicted molar refractivity (Wildman–Crippen MR) is 117 cm³/mol. The third kappa shape index (κ3) is 2.90. The Balaban J connectivity index is 1.81. The van der Waals surface area contributed by atoms with E-state index in [-0.39, 0.29) is 17.5 Å². The molecule has 3 aromatic carbocycles. The van der Waals surface area contributed by atoms with E-state index in [0.29, 0.717) is 6.42 Å². The molecular weight excluding hydrogens is 356 g/mol. The summed E-state index contributed by atoms with van der Waals surface area (Å²) in [5.41, 5.74) is 10.2. The topological polar surface area (TPSA) is 32.3 Å². The number of amides is 1. The zero-order valence-corrected chi connectivity index (χ0v) is 16.7. The standard InChI is InChI=1S/C26H24N2O/c1-26(2)17-22(29)27-28(26)25-21-16-10-9-15-20(21)23(18-11-5-3-6-12-18)24(25)19-13-7-4-8-14-19/h3-16,25H,17H2,1-2H3,(H,27,29). The molecule has 0 aromatic heterocycles. The van der Waals surface area contributed by atoms with Crippen LogP contribution in [0.5, 0.6) is 0 Å². The minimum absolute atomic E-state index is 0.0368. The molecule has 0 saturated carbocycles. The molecule has 1 heterocycles. The highest BCUT2D eigenvalue weighted by Gasteiger charge is 2.46. The van der Waals surface area contributed by atoms with E-state index in [4.69, 9.17) is 0 Å². The lowest BCUT2D eigenvalue weighted by atomic mass is 9.91. The number of nitrogens with zero attached hydrogens (tertiary/aromatic N) is 1. The van der Waals surface area contributed by atoms with Gasteiger partial charge in [0.1, 0.15) is 0 Å². The summed E-state index contributed by atoms with van der Waals surface area (Å²) in [6, 6.07) is 29.7. The maximum absolute atomic E-state index is 12.4. The van der Waals surface area contributed by atoms with E-state index in [2.05, 4.69) is 97.1 Å². The minimum Gasteiger partial charge on any atom is -0.287 e. The fraction of sp³-hybridized carbons (Fsp3) is 0.192. The van der Waals surface area contributed by atoms with Gasteiger partial charge in [-0.2, -0.15) is 0 Å². The number of benzene rings is 3. The lowest BCUT2D eigenvalue weighted by molar-refractivity contribution is -0.121. The number of hydrogen-bond donors (Lipinski definition) is 1. The van der Waals surface area contributed by atoms with Crippen molar-refractivity contribution >= 4 is 17.1 Å². The van der Waals surface area contributed by atoms with E-state index in [0.717, 1.165) is 0 Å². The lowest BCUT2D eigenvalue weighted by Gasteiger charge is -2.37. The SMILES string of the molecule is CC1(C)CC(=O)NN1C1C(c2ccccc2)=C(c2ccccc2)c2ccccc21. The van der Waals surface area contributed by atoms with E-state index >= 15 is 0 Å². The third-order valence-corrected chi connectivity index (χ3v) is 5.96. The number of fused-ring (bicyclic) bond motifs is 1. The van der Waals surface area contributed by atoms with Crippen LogP contribution < -0.4 is 5.43 Å². The van der Waals surface area contributed by atoms with Gasteiger partial charge < -0.3 is 0 Å². The van der Waals surface area contributed by atoms with E-state index < -0.39 is 0 Å². The van der Waals surface area contributed by atoms with Gasteiger partial charge in [0.2, 0.25) is 5.91 Å². The van der Waals surface area contributed by atoms with E-state index in [1.165, 1.54) is 33.4 Å². The van der Waals surface area contributed by atoms with Gasteiger partial charge >= 0.3 is 0 Å². The summed E-state index contributed by atoms with van der Waals surface area (Å²) in [5, 5.41) is 2.16. The fourth-order valence-electron chi connectivity index (χ4n) is 4.72. The highest BCUT2D eigenvalue weighted by atomic mass is 16.2. The fourth-order valence-corrected chi connectivity index (χ4v) is 4.72. The molecule has 0 bridgehead atoms. The van der Waals surface area contributed by atoms with Crippen molar-refractivity contribution < 1.29 is 4.79 Å². The Hall–Kier alpha value is -3.17. The summed E-state index contributed by atoms with van der Waals surface area (Å²) in [7, 11) is 0. The van der Waals surface area contributed by atoms with Gasteiger partial charge in [0.05, 0.1) is 6.04 Å². The van der Waals surface area contributed by atoms with Crippen molar-refractivity contribution in [1.82, 2.24) is 10.4 Å². The van der Waals surface area contributed by atoms with Crippen molar-refractivity contribution in [3.63, 3.8) is 0 Å².